The van der Waals surface area contributed by atoms with Crippen molar-refractivity contribution in [1.82, 2.24) is 14.9 Å². The number of hydrogen-bond acceptors (Lipinski definition) is 6. The molecular formula is C12H15N5S. The number of thioether (sulfide) groups is 1. The maximum atomic E-state index is 9.01. The van der Waals surface area contributed by atoms with Crippen LogP contribution in [0.2, 0.25) is 0 Å². The first-order valence-electron chi connectivity index (χ1n) is 6.16. The van der Waals surface area contributed by atoms with Crippen LogP contribution in [-0.2, 0) is 0 Å². The summed E-state index contributed by atoms with van der Waals surface area (Å²) in [6.45, 7) is 4.32. The van der Waals surface area contributed by atoms with Crippen LogP contribution in [-0.4, -0.2) is 58.6 Å². The van der Waals surface area contributed by atoms with Gasteiger partial charge in [-0.1, -0.05) is 0 Å². The maximum Gasteiger partial charge on any atom is 0.183 e. The summed E-state index contributed by atoms with van der Waals surface area (Å²) in [6, 6.07) is 2.73. The average Bonchev–Trinajstić information content (AvgIpc) is 2.39. The van der Waals surface area contributed by atoms with Gasteiger partial charge in [-0.2, -0.15) is 17.0 Å². The Bertz CT molecular complexity index is 460. The summed E-state index contributed by atoms with van der Waals surface area (Å²) in [4.78, 5) is 13.0. The molecule has 2 fully saturated rings. The van der Waals surface area contributed by atoms with Crippen LogP contribution in [0.4, 0.5) is 5.82 Å². The van der Waals surface area contributed by atoms with Gasteiger partial charge < -0.3 is 4.90 Å². The second-order valence-electron chi connectivity index (χ2n) is 4.55. The van der Waals surface area contributed by atoms with Crippen molar-refractivity contribution in [2.75, 3.05) is 42.6 Å². The highest BCUT2D eigenvalue weighted by molar-refractivity contribution is 7.99. The SMILES string of the molecule is N#Cc1nccnc1N1CC(N2CCSCC2)C1. The fraction of sp³-hybridized carbons (Fsp3) is 0.583. The molecule has 0 amide bonds. The minimum absolute atomic E-state index is 0.435. The summed E-state index contributed by atoms with van der Waals surface area (Å²) in [5.74, 6) is 3.22. The molecule has 0 N–H and O–H groups in total. The lowest BCUT2D eigenvalue weighted by atomic mass is 10.1. The summed E-state index contributed by atoms with van der Waals surface area (Å²) in [7, 11) is 0. The molecule has 0 aromatic carbocycles. The minimum atomic E-state index is 0.435. The number of hydrogen-bond donors (Lipinski definition) is 0. The molecule has 94 valence electrons. The van der Waals surface area contributed by atoms with E-state index in [0.29, 0.717) is 11.7 Å². The normalized spacial score (nSPS) is 21.4. The quantitative estimate of drug-likeness (QED) is 0.776. The first-order valence-corrected chi connectivity index (χ1v) is 7.32. The Balaban J connectivity index is 1.63. The van der Waals surface area contributed by atoms with E-state index in [4.69, 9.17) is 5.26 Å². The molecule has 3 rings (SSSR count). The largest absolute Gasteiger partial charge is 0.351 e. The number of nitrogens with zero attached hydrogens (tertiary/aromatic N) is 5. The standard InChI is InChI=1S/C12H15N5S/c13-7-11-12(15-2-1-14-11)17-8-10(9-17)16-3-5-18-6-4-16/h1-2,10H,3-6,8-9H2. The van der Waals surface area contributed by atoms with E-state index in [-0.39, 0.29) is 0 Å². The third-order valence-electron chi connectivity index (χ3n) is 3.51. The summed E-state index contributed by atoms with van der Waals surface area (Å²) in [5, 5.41) is 9.01. The van der Waals surface area contributed by atoms with E-state index in [2.05, 4.69) is 25.8 Å². The summed E-state index contributed by atoms with van der Waals surface area (Å²) >= 11 is 2.03. The second-order valence-corrected chi connectivity index (χ2v) is 5.77. The fourth-order valence-electron chi connectivity index (χ4n) is 2.44. The molecule has 2 aliphatic rings. The third-order valence-corrected chi connectivity index (χ3v) is 4.45. The fourth-order valence-corrected chi connectivity index (χ4v) is 3.37. The Kier molecular flexibility index (Phi) is 3.35. The van der Waals surface area contributed by atoms with Crippen LogP contribution in [0.1, 0.15) is 5.69 Å². The topological polar surface area (TPSA) is 56.1 Å². The van der Waals surface area contributed by atoms with E-state index in [1.807, 2.05) is 11.8 Å². The highest BCUT2D eigenvalue weighted by atomic mass is 32.2. The van der Waals surface area contributed by atoms with Gasteiger partial charge in [0.15, 0.2) is 11.5 Å². The molecule has 0 aliphatic carbocycles. The monoisotopic (exact) mass is 261 g/mol. The highest BCUT2D eigenvalue weighted by Gasteiger charge is 2.34. The molecule has 0 atom stereocenters. The van der Waals surface area contributed by atoms with Gasteiger partial charge in [0, 0.05) is 56.1 Å². The van der Waals surface area contributed by atoms with Crippen molar-refractivity contribution in [3.05, 3.63) is 18.1 Å². The van der Waals surface area contributed by atoms with Gasteiger partial charge in [-0.25, -0.2) is 9.97 Å². The van der Waals surface area contributed by atoms with Crippen LogP contribution in [0.25, 0.3) is 0 Å². The first kappa shape index (κ1) is 11.8. The van der Waals surface area contributed by atoms with Gasteiger partial charge in [0.1, 0.15) is 6.07 Å². The molecule has 18 heavy (non-hydrogen) atoms. The van der Waals surface area contributed by atoms with E-state index in [1.165, 1.54) is 24.6 Å². The molecule has 1 aromatic rings. The van der Waals surface area contributed by atoms with Crippen LogP contribution in [0.5, 0.6) is 0 Å². The molecule has 0 saturated carbocycles. The van der Waals surface area contributed by atoms with Crippen LogP contribution < -0.4 is 4.90 Å². The van der Waals surface area contributed by atoms with Gasteiger partial charge in [0.25, 0.3) is 0 Å². The Morgan fingerprint density at radius 3 is 2.67 bits per heavy atom. The van der Waals surface area contributed by atoms with Gasteiger partial charge in [-0.3, -0.25) is 4.90 Å². The van der Waals surface area contributed by atoms with Crippen molar-refractivity contribution < 1.29 is 0 Å². The zero-order chi connectivity index (χ0) is 12.4. The smallest absolute Gasteiger partial charge is 0.183 e. The number of aromatic nitrogens is 2. The molecule has 0 spiro atoms. The van der Waals surface area contributed by atoms with Gasteiger partial charge in [-0.15, -0.1) is 0 Å². The lowest BCUT2D eigenvalue weighted by Crippen LogP contribution is -2.61. The molecule has 3 heterocycles. The van der Waals surface area contributed by atoms with E-state index < -0.39 is 0 Å². The third kappa shape index (κ3) is 2.16. The highest BCUT2D eigenvalue weighted by Crippen LogP contribution is 2.25. The molecule has 0 unspecified atom stereocenters. The molecule has 2 aliphatic heterocycles. The zero-order valence-electron chi connectivity index (χ0n) is 10.1. The number of anilines is 1. The Morgan fingerprint density at radius 1 is 1.22 bits per heavy atom. The predicted molar refractivity (Wildman–Crippen MR) is 71.6 cm³/mol. The van der Waals surface area contributed by atoms with Gasteiger partial charge in [0.2, 0.25) is 0 Å². The van der Waals surface area contributed by atoms with Crippen LogP contribution >= 0.6 is 11.8 Å². The first-order chi connectivity index (χ1) is 8.88. The Labute approximate surface area is 111 Å². The van der Waals surface area contributed by atoms with E-state index in [0.717, 1.165) is 18.9 Å². The molecule has 5 nitrogen and oxygen atoms in total. The van der Waals surface area contributed by atoms with E-state index >= 15 is 0 Å². The van der Waals surface area contributed by atoms with Crippen molar-refractivity contribution in [2.24, 2.45) is 0 Å². The van der Waals surface area contributed by atoms with E-state index in [1.54, 1.807) is 12.4 Å². The summed E-state index contributed by atoms with van der Waals surface area (Å²) in [6.07, 6.45) is 3.22. The van der Waals surface area contributed by atoms with E-state index in [9.17, 15) is 0 Å². The Hall–Kier alpha value is -1.32. The predicted octanol–water partition coefficient (Wildman–Crippen LogP) is 0.586. The Morgan fingerprint density at radius 2 is 1.94 bits per heavy atom. The molecule has 0 bridgehead atoms. The van der Waals surface area contributed by atoms with Crippen molar-refractivity contribution in [3.63, 3.8) is 0 Å². The lowest BCUT2D eigenvalue weighted by molar-refractivity contribution is 0.182. The van der Waals surface area contributed by atoms with Crippen molar-refractivity contribution in [3.8, 4) is 6.07 Å². The number of nitriles is 1. The van der Waals surface area contributed by atoms with Crippen molar-refractivity contribution in [1.29, 1.82) is 5.26 Å². The second kappa shape index (κ2) is 5.12. The van der Waals surface area contributed by atoms with Gasteiger partial charge in [0.05, 0.1) is 0 Å². The molecular weight excluding hydrogens is 246 g/mol. The van der Waals surface area contributed by atoms with Crippen molar-refractivity contribution in [2.45, 2.75) is 6.04 Å². The molecule has 0 radical (unpaired) electrons. The van der Waals surface area contributed by atoms with Gasteiger partial charge in [-0.05, 0) is 0 Å². The van der Waals surface area contributed by atoms with Crippen molar-refractivity contribution >= 4 is 17.6 Å². The van der Waals surface area contributed by atoms with Crippen LogP contribution in [0.15, 0.2) is 12.4 Å². The molecule has 1 aromatic heterocycles. The maximum absolute atomic E-state index is 9.01. The average molecular weight is 261 g/mol. The lowest BCUT2D eigenvalue weighted by Gasteiger charge is -2.47. The summed E-state index contributed by atoms with van der Waals surface area (Å²) in [5.41, 5.74) is 0.435. The minimum Gasteiger partial charge on any atom is -0.351 e. The van der Waals surface area contributed by atoms with Crippen LogP contribution in [0, 0.1) is 11.3 Å². The zero-order valence-corrected chi connectivity index (χ0v) is 10.9. The molecule has 6 heteroatoms. The summed E-state index contributed by atoms with van der Waals surface area (Å²) < 4.78 is 0. The number of rotatable bonds is 2. The van der Waals surface area contributed by atoms with Crippen LogP contribution in [0.3, 0.4) is 0 Å². The van der Waals surface area contributed by atoms with Gasteiger partial charge >= 0.3 is 0 Å². The molecule has 2 saturated heterocycles.